The number of ether oxygens (including phenoxy) is 2. The summed E-state index contributed by atoms with van der Waals surface area (Å²) in [5, 5.41) is 20.7. The summed E-state index contributed by atoms with van der Waals surface area (Å²) in [6, 6.07) is 11.2. The lowest BCUT2D eigenvalue weighted by molar-refractivity contribution is -0.139. The quantitative estimate of drug-likeness (QED) is 0.310. The molecular weight excluding hydrogens is 520 g/mol. The van der Waals surface area contributed by atoms with Gasteiger partial charge in [0.2, 0.25) is 5.95 Å². The Balaban J connectivity index is 1.06. The van der Waals surface area contributed by atoms with Crippen molar-refractivity contribution in [3.05, 3.63) is 41.6 Å². The maximum Gasteiger partial charge on any atom is 0.224 e. The van der Waals surface area contributed by atoms with Gasteiger partial charge >= 0.3 is 0 Å². The molecule has 40 heavy (non-hydrogen) atoms. The summed E-state index contributed by atoms with van der Waals surface area (Å²) in [5.41, 5.74) is 1.99. The van der Waals surface area contributed by atoms with Crippen LogP contribution in [0.5, 0.6) is 0 Å². The second-order valence-electron chi connectivity index (χ2n) is 12.8. The second-order valence-corrected chi connectivity index (χ2v) is 13.6. The Bertz CT molecular complexity index is 1230. The Morgan fingerprint density at radius 1 is 1.12 bits per heavy atom. The molecule has 3 N–H and O–H groups in total. The zero-order chi connectivity index (χ0) is 27.7. The Morgan fingerprint density at radius 2 is 1.93 bits per heavy atom. The van der Waals surface area contributed by atoms with E-state index in [0.717, 1.165) is 37.3 Å². The third kappa shape index (κ3) is 5.96. The van der Waals surface area contributed by atoms with Gasteiger partial charge in [0.25, 0.3) is 0 Å². The highest BCUT2D eigenvalue weighted by Gasteiger charge is 2.55. The van der Waals surface area contributed by atoms with Crippen LogP contribution in [0.2, 0.25) is 0 Å². The van der Waals surface area contributed by atoms with Crippen LogP contribution in [-0.4, -0.2) is 53.9 Å². The fourth-order valence-electron chi connectivity index (χ4n) is 8.04. The lowest BCUT2D eigenvalue weighted by atomic mass is 9.48. The summed E-state index contributed by atoms with van der Waals surface area (Å²) < 4.78 is 11.8. The maximum absolute atomic E-state index is 9.75. The summed E-state index contributed by atoms with van der Waals surface area (Å²) in [4.78, 5) is 10.4. The molecule has 0 spiro atoms. The van der Waals surface area contributed by atoms with E-state index in [1.54, 1.807) is 18.0 Å². The minimum atomic E-state index is -0.446. The van der Waals surface area contributed by atoms with Gasteiger partial charge in [-0.2, -0.15) is 10.2 Å². The molecule has 4 aliphatic carbocycles. The number of hydrogen-bond donors (Lipinski definition) is 3. The Hall–Kier alpha value is -2.38. The van der Waals surface area contributed by atoms with Crippen molar-refractivity contribution in [2.24, 2.45) is 23.2 Å². The highest BCUT2D eigenvalue weighted by Crippen LogP contribution is 2.60. The van der Waals surface area contributed by atoms with Gasteiger partial charge in [0, 0.05) is 24.0 Å². The van der Waals surface area contributed by atoms with Gasteiger partial charge in [0.15, 0.2) is 5.79 Å². The molecule has 3 unspecified atom stereocenters. The number of aromatic nitrogens is 2. The van der Waals surface area contributed by atoms with Crippen molar-refractivity contribution in [1.82, 2.24) is 15.3 Å². The second kappa shape index (κ2) is 11.5. The van der Waals surface area contributed by atoms with Gasteiger partial charge in [-0.3, -0.25) is 0 Å². The molecule has 2 aromatic rings. The zero-order valence-electron chi connectivity index (χ0n) is 23.9. The fraction of sp³-hybridized carbons (Fsp3) is 0.645. The van der Waals surface area contributed by atoms with Crippen molar-refractivity contribution < 1.29 is 9.47 Å². The van der Waals surface area contributed by atoms with Crippen molar-refractivity contribution in [2.45, 2.75) is 81.7 Å². The molecule has 5 fully saturated rings. The first kappa shape index (κ1) is 27.8. The first-order chi connectivity index (χ1) is 19.4. The molecule has 5 aliphatic rings. The molecule has 1 aromatic heterocycles. The summed E-state index contributed by atoms with van der Waals surface area (Å²) in [5.74, 6) is 3.01. The van der Waals surface area contributed by atoms with E-state index >= 15 is 0 Å². The van der Waals surface area contributed by atoms with Crippen molar-refractivity contribution in [3.8, 4) is 6.07 Å². The number of hydrogen-bond acceptors (Lipinski definition) is 9. The summed E-state index contributed by atoms with van der Waals surface area (Å²) >= 11 is 1.73. The smallest absolute Gasteiger partial charge is 0.224 e. The largest absolute Gasteiger partial charge is 0.368 e. The Kier molecular flexibility index (Phi) is 7.97. The van der Waals surface area contributed by atoms with Crippen LogP contribution in [0.15, 0.2) is 35.4 Å². The third-order valence-corrected chi connectivity index (χ3v) is 10.3. The fourth-order valence-corrected chi connectivity index (χ4v) is 8.65. The van der Waals surface area contributed by atoms with Gasteiger partial charge < -0.3 is 25.4 Å². The van der Waals surface area contributed by atoms with Crippen LogP contribution in [0.4, 0.5) is 11.8 Å². The third-order valence-electron chi connectivity index (χ3n) is 9.48. The minimum Gasteiger partial charge on any atom is -0.368 e. The van der Waals surface area contributed by atoms with Crippen LogP contribution >= 0.6 is 11.8 Å². The monoisotopic (exact) mass is 562 g/mol. The van der Waals surface area contributed by atoms with Gasteiger partial charge in [-0.1, -0.05) is 18.2 Å². The molecule has 9 heteroatoms. The topological polar surface area (TPSA) is 104 Å². The zero-order valence-corrected chi connectivity index (χ0v) is 24.7. The van der Waals surface area contributed by atoms with Gasteiger partial charge in [0.1, 0.15) is 17.5 Å². The molecule has 8 nitrogen and oxygen atoms in total. The maximum atomic E-state index is 9.75. The van der Waals surface area contributed by atoms with Crippen LogP contribution < -0.4 is 16.0 Å². The number of nitrogens with zero attached hydrogens (tertiary/aromatic N) is 3. The molecular formula is C31H42N6O2S. The summed E-state index contributed by atoms with van der Waals surface area (Å²) in [6.07, 6.45) is 11.4. The molecule has 0 amide bonds. The number of thioether (sulfide) groups is 1. The van der Waals surface area contributed by atoms with E-state index in [1.165, 1.54) is 42.6 Å². The highest BCUT2D eigenvalue weighted by atomic mass is 32.2. The number of nitrogens with one attached hydrogen (secondary N) is 3. The first-order valence-electron chi connectivity index (χ1n) is 14.8. The molecule has 0 radical (unpaired) electrons. The van der Waals surface area contributed by atoms with E-state index in [1.807, 2.05) is 13.8 Å². The number of benzene rings is 1. The molecule has 6 atom stereocenters. The van der Waals surface area contributed by atoms with Crippen LogP contribution in [-0.2, 0) is 16.0 Å². The lowest BCUT2D eigenvalue weighted by Crippen LogP contribution is -2.59. The summed E-state index contributed by atoms with van der Waals surface area (Å²) in [7, 11) is 0. The van der Waals surface area contributed by atoms with Crippen molar-refractivity contribution in [1.29, 1.82) is 5.26 Å². The van der Waals surface area contributed by atoms with E-state index in [2.05, 4.69) is 57.5 Å². The van der Waals surface area contributed by atoms with Gasteiger partial charge in [0.05, 0.1) is 18.9 Å². The van der Waals surface area contributed by atoms with E-state index < -0.39 is 5.79 Å². The molecule has 4 saturated carbocycles. The van der Waals surface area contributed by atoms with Crippen molar-refractivity contribution in [2.75, 3.05) is 36.6 Å². The molecule has 7 rings (SSSR count). The Morgan fingerprint density at radius 3 is 2.65 bits per heavy atom. The predicted octanol–water partition coefficient (Wildman–Crippen LogP) is 5.42. The van der Waals surface area contributed by atoms with E-state index in [-0.39, 0.29) is 11.5 Å². The van der Waals surface area contributed by atoms with Crippen LogP contribution in [0.25, 0.3) is 0 Å². The Labute approximate surface area is 242 Å². The number of rotatable bonds is 11. The van der Waals surface area contributed by atoms with Crippen LogP contribution in [0, 0.1) is 34.5 Å². The average molecular weight is 563 g/mol. The number of anilines is 2. The molecule has 2 heterocycles. The molecule has 1 aromatic carbocycles. The van der Waals surface area contributed by atoms with Gasteiger partial charge in [-0.15, -0.1) is 11.8 Å². The SMILES string of the molecule is CSc1ccccc1CNc1ncc(C#N)c(NCC23CC4C[C@H](C2)C(NCC[C@H]2COC(C)(C)O2)[C@@H](C4)C3)n1. The van der Waals surface area contributed by atoms with Crippen molar-refractivity contribution in [3.63, 3.8) is 0 Å². The van der Waals surface area contributed by atoms with Crippen LogP contribution in [0.1, 0.15) is 63.5 Å². The normalized spacial score (nSPS) is 31.7. The molecule has 4 bridgehead atoms. The molecule has 1 saturated heterocycles. The lowest BCUT2D eigenvalue weighted by Gasteiger charge is -2.60. The van der Waals surface area contributed by atoms with Gasteiger partial charge in [-0.05, 0) is 100.0 Å². The van der Waals surface area contributed by atoms with E-state index in [0.29, 0.717) is 36.5 Å². The average Bonchev–Trinajstić information content (AvgIpc) is 3.30. The predicted molar refractivity (Wildman–Crippen MR) is 158 cm³/mol. The highest BCUT2D eigenvalue weighted by molar-refractivity contribution is 7.98. The molecule has 214 valence electrons. The first-order valence-corrected chi connectivity index (χ1v) is 16.0. The van der Waals surface area contributed by atoms with E-state index in [4.69, 9.17) is 14.5 Å². The van der Waals surface area contributed by atoms with Gasteiger partial charge in [-0.25, -0.2) is 4.98 Å². The minimum absolute atomic E-state index is 0.191. The van der Waals surface area contributed by atoms with E-state index in [9.17, 15) is 5.26 Å². The van der Waals surface area contributed by atoms with Crippen molar-refractivity contribution >= 4 is 23.5 Å². The summed E-state index contributed by atoms with van der Waals surface area (Å²) in [6.45, 7) is 7.18. The standard InChI is InChI=1S/C31H42N6O2S/c1-30(2)38-18-25(39-30)8-9-33-27-22-10-20-11-23(27)14-31(12-20,13-22)19-36-28-24(15-32)17-35-29(37-28)34-16-21-6-4-5-7-26(21)40-3/h4-7,17,20,22-23,25,27,33H,8-14,16,18-19H2,1-3H3,(H2,34,35,36,37)/t20?,22-,23+,25-,27?,31?/m0/s1. The number of nitriles is 1. The van der Waals surface area contributed by atoms with Crippen LogP contribution in [0.3, 0.4) is 0 Å². The molecule has 1 aliphatic heterocycles.